The predicted octanol–water partition coefficient (Wildman–Crippen LogP) is 3.37. The van der Waals surface area contributed by atoms with Gasteiger partial charge in [0.15, 0.2) is 0 Å². The minimum atomic E-state index is 0.117. The van der Waals surface area contributed by atoms with Gasteiger partial charge in [-0.15, -0.1) is 0 Å². The van der Waals surface area contributed by atoms with Crippen molar-refractivity contribution in [2.24, 2.45) is 0 Å². The highest BCUT2D eigenvalue weighted by atomic mass is 33.1. The van der Waals surface area contributed by atoms with Gasteiger partial charge in [-0.3, -0.25) is 4.79 Å². The molecular weight excluding hydrogens is 252 g/mol. The van der Waals surface area contributed by atoms with Gasteiger partial charge in [-0.2, -0.15) is 0 Å². The van der Waals surface area contributed by atoms with Crippen LogP contribution in [0.15, 0.2) is 29.4 Å². The van der Waals surface area contributed by atoms with Gasteiger partial charge in [-0.05, 0) is 29.9 Å². The third kappa shape index (κ3) is 9.06. The van der Waals surface area contributed by atoms with Gasteiger partial charge in [0, 0.05) is 24.9 Å². The first-order chi connectivity index (χ1) is 8.33. The van der Waals surface area contributed by atoms with E-state index in [0.29, 0.717) is 13.0 Å². The summed E-state index contributed by atoms with van der Waals surface area (Å²) in [7, 11) is 3.26. The smallest absolute Gasteiger partial charge is 0.220 e. The Labute approximate surface area is 112 Å². The second kappa shape index (κ2) is 11.8. The fraction of sp³-hybridized carbons (Fsp3) is 0.500. The van der Waals surface area contributed by atoms with Crippen LogP contribution in [0.3, 0.4) is 0 Å². The van der Waals surface area contributed by atoms with Crippen molar-refractivity contribution in [2.75, 3.05) is 12.3 Å². The highest BCUT2D eigenvalue weighted by Crippen LogP contribution is 2.29. The van der Waals surface area contributed by atoms with E-state index in [-0.39, 0.29) is 5.91 Å². The average molecular weight is 272 g/mol. The maximum atomic E-state index is 11.1. The van der Waals surface area contributed by atoms with Gasteiger partial charge >= 0.3 is 0 Å². The van der Waals surface area contributed by atoms with Crippen LogP contribution in [0, 0.1) is 0 Å². The summed E-state index contributed by atoms with van der Waals surface area (Å²) in [5.74, 6) is 0.930. The molecule has 1 aromatic heterocycles. The summed E-state index contributed by atoms with van der Waals surface area (Å²) in [6.07, 6.45) is 2.34. The first kappa shape index (κ1) is 16.3. The van der Waals surface area contributed by atoms with Crippen molar-refractivity contribution in [3.05, 3.63) is 24.4 Å². The summed E-state index contributed by atoms with van der Waals surface area (Å²) in [6, 6.07) is 5.81. The Bertz CT molecular complexity index is 294. The van der Waals surface area contributed by atoms with E-state index < -0.39 is 0 Å². The highest BCUT2D eigenvalue weighted by Gasteiger charge is 2.00. The lowest BCUT2D eigenvalue weighted by Crippen LogP contribution is -2.22. The minimum Gasteiger partial charge on any atom is -0.356 e. The quantitative estimate of drug-likeness (QED) is 0.637. The van der Waals surface area contributed by atoms with E-state index in [1.807, 2.05) is 39.0 Å². The Hall–Kier alpha value is -0.680. The lowest BCUT2D eigenvalue weighted by atomic mass is 10.4. The molecule has 1 heterocycles. The Kier molecular flexibility index (Phi) is 11.3. The van der Waals surface area contributed by atoms with E-state index in [1.54, 1.807) is 27.8 Å². The molecule has 0 atom stereocenters. The number of hydrogen-bond acceptors (Lipinski definition) is 4. The number of nitrogens with one attached hydrogen (secondary N) is 1. The predicted molar refractivity (Wildman–Crippen MR) is 77.2 cm³/mol. The van der Waals surface area contributed by atoms with Gasteiger partial charge in [-0.1, -0.05) is 30.7 Å². The molecule has 0 radical (unpaired) electrons. The van der Waals surface area contributed by atoms with E-state index in [9.17, 15) is 4.79 Å². The maximum Gasteiger partial charge on any atom is 0.220 e. The fourth-order valence-electron chi connectivity index (χ4n) is 0.918. The number of carbonyl (C=O) groups excluding carboxylic acids is 1. The number of pyridine rings is 1. The minimum absolute atomic E-state index is 0.117. The second-order valence-electron chi connectivity index (χ2n) is 2.78. The summed E-state index contributed by atoms with van der Waals surface area (Å²) >= 11 is 0. The van der Waals surface area contributed by atoms with Gasteiger partial charge < -0.3 is 5.32 Å². The number of amides is 1. The molecule has 0 saturated heterocycles. The lowest BCUT2D eigenvalue weighted by molar-refractivity contribution is -0.120. The molecule has 0 aliphatic rings. The third-order valence-electron chi connectivity index (χ3n) is 1.57. The standard InChI is InChI=1S/C10H14N2OS2.C2H6/c1-2-11-9(13)6-8-14-15-10-5-3-4-7-12-10;1-2/h3-5,7H,2,6,8H2,1H3,(H,11,13);1-2H3. The average Bonchev–Trinajstić information content (AvgIpc) is 2.39. The molecule has 0 aromatic carbocycles. The zero-order chi connectivity index (χ0) is 12.9. The Morgan fingerprint density at radius 2 is 2.18 bits per heavy atom. The van der Waals surface area contributed by atoms with Gasteiger partial charge in [-0.25, -0.2) is 4.98 Å². The van der Waals surface area contributed by atoms with Gasteiger partial charge in [0.2, 0.25) is 5.91 Å². The molecule has 1 rings (SSSR count). The molecule has 0 aliphatic heterocycles. The van der Waals surface area contributed by atoms with Crippen molar-refractivity contribution in [1.82, 2.24) is 10.3 Å². The molecule has 0 saturated carbocycles. The molecule has 96 valence electrons. The topological polar surface area (TPSA) is 42.0 Å². The number of rotatable bonds is 6. The molecule has 1 N–H and O–H groups in total. The van der Waals surface area contributed by atoms with Gasteiger partial charge in [0.1, 0.15) is 5.03 Å². The summed E-state index contributed by atoms with van der Waals surface area (Å²) in [4.78, 5) is 15.3. The fourth-order valence-corrected chi connectivity index (χ4v) is 2.79. The van der Waals surface area contributed by atoms with Crippen LogP contribution in [0.2, 0.25) is 0 Å². The second-order valence-corrected chi connectivity index (χ2v) is 5.21. The maximum absolute atomic E-state index is 11.1. The van der Waals surface area contributed by atoms with Gasteiger partial charge in [0.05, 0.1) is 0 Å². The molecule has 5 heteroatoms. The van der Waals surface area contributed by atoms with Crippen LogP contribution in [0.25, 0.3) is 0 Å². The van der Waals surface area contributed by atoms with Crippen molar-refractivity contribution in [3.63, 3.8) is 0 Å². The molecule has 0 fully saturated rings. The lowest BCUT2D eigenvalue weighted by Gasteiger charge is -2.01. The van der Waals surface area contributed by atoms with E-state index in [0.717, 1.165) is 10.8 Å². The normalized spacial score (nSPS) is 9.12. The van der Waals surface area contributed by atoms with Crippen LogP contribution in [-0.2, 0) is 4.79 Å². The Morgan fingerprint density at radius 3 is 2.76 bits per heavy atom. The Morgan fingerprint density at radius 1 is 1.41 bits per heavy atom. The number of hydrogen-bond donors (Lipinski definition) is 1. The molecule has 0 unspecified atom stereocenters. The zero-order valence-corrected chi connectivity index (χ0v) is 12.2. The molecule has 1 aromatic rings. The summed E-state index contributed by atoms with van der Waals surface area (Å²) in [6.45, 7) is 6.63. The largest absolute Gasteiger partial charge is 0.356 e. The first-order valence-electron chi connectivity index (χ1n) is 5.80. The van der Waals surface area contributed by atoms with Crippen LogP contribution in [-0.4, -0.2) is 23.2 Å². The van der Waals surface area contributed by atoms with E-state index >= 15 is 0 Å². The molecule has 0 aliphatic carbocycles. The van der Waals surface area contributed by atoms with Crippen LogP contribution < -0.4 is 5.32 Å². The van der Waals surface area contributed by atoms with Crippen LogP contribution in [0.5, 0.6) is 0 Å². The third-order valence-corrected chi connectivity index (χ3v) is 3.84. The molecule has 3 nitrogen and oxygen atoms in total. The van der Waals surface area contributed by atoms with Crippen LogP contribution >= 0.6 is 21.6 Å². The number of aromatic nitrogens is 1. The highest BCUT2D eigenvalue weighted by molar-refractivity contribution is 8.76. The SMILES string of the molecule is CC.CCNC(=O)CCSSc1ccccn1. The van der Waals surface area contributed by atoms with Crippen molar-refractivity contribution in [3.8, 4) is 0 Å². The first-order valence-corrected chi connectivity index (χ1v) is 8.12. The van der Waals surface area contributed by atoms with Crippen LogP contribution in [0.4, 0.5) is 0 Å². The monoisotopic (exact) mass is 272 g/mol. The van der Waals surface area contributed by atoms with Crippen molar-refractivity contribution < 1.29 is 4.79 Å². The summed E-state index contributed by atoms with van der Waals surface area (Å²) in [5, 5.41) is 3.75. The molecule has 0 bridgehead atoms. The molecule has 0 spiro atoms. The van der Waals surface area contributed by atoms with Crippen molar-refractivity contribution >= 4 is 27.5 Å². The molecule has 17 heavy (non-hydrogen) atoms. The van der Waals surface area contributed by atoms with Crippen LogP contribution in [0.1, 0.15) is 27.2 Å². The van der Waals surface area contributed by atoms with Crippen molar-refractivity contribution in [2.45, 2.75) is 32.2 Å². The van der Waals surface area contributed by atoms with Crippen molar-refractivity contribution in [1.29, 1.82) is 0 Å². The Balaban J connectivity index is 0.00000121. The molecule has 1 amide bonds. The number of carbonyl (C=O) groups is 1. The van der Waals surface area contributed by atoms with E-state index in [4.69, 9.17) is 0 Å². The zero-order valence-electron chi connectivity index (χ0n) is 10.6. The molecular formula is C12H20N2OS2. The van der Waals surface area contributed by atoms with Gasteiger partial charge in [0.25, 0.3) is 0 Å². The van der Waals surface area contributed by atoms with E-state index in [2.05, 4.69) is 10.3 Å². The van der Waals surface area contributed by atoms with E-state index in [1.165, 1.54) is 0 Å². The summed E-state index contributed by atoms with van der Waals surface area (Å²) in [5.41, 5.74) is 0. The summed E-state index contributed by atoms with van der Waals surface area (Å²) < 4.78 is 0. The number of nitrogens with zero attached hydrogens (tertiary/aromatic N) is 1.